The average Bonchev–Trinajstić information content (AvgIpc) is 3.55. The van der Waals surface area contributed by atoms with Gasteiger partial charge in [-0.1, -0.05) is 42.5 Å². The number of piperazine rings is 1. The number of carbonyl (C=O) groups is 1. The predicted octanol–water partition coefficient (Wildman–Crippen LogP) is 6.20. The molecule has 0 saturated carbocycles. The fourth-order valence-corrected chi connectivity index (χ4v) is 6.03. The van der Waals surface area contributed by atoms with Crippen LogP contribution >= 0.6 is 0 Å². The lowest BCUT2D eigenvalue weighted by Gasteiger charge is -2.37. The smallest absolute Gasteiger partial charge is 0.223 e. The second kappa shape index (κ2) is 14.3. The summed E-state index contributed by atoms with van der Waals surface area (Å²) < 4.78 is 25.3. The summed E-state index contributed by atoms with van der Waals surface area (Å²) in [5.41, 5.74) is 4.63. The summed E-state index contributed by atoms with van der Waals surface area (Å²) in [5, 5.41) is 0. The Morgan fingerprint density at radius 3 is 2.24 bits per heavy atom. The van der Waals surface area contributed by atoms with Crippen molar-refractivity contribution >= 4 is 17.2 Å². The Kier molecular flexibility index (Phi) is 9.57. The summed E-state index contributed by atoms with van der Waals surface area (Å²) in [4.78, 5) is 23.1. The molecule has 0 spiro atoms. The molecular formula is C37H40N4O5. The van der Waals surface area contributed by atoms with Crippen molar-refractivity contribution in [2.45, 2.75) is 25.9 Å². The zero-order chi connectivity index (χ0) is 31.9. The van der Waals surface area contributed by atoms with Gasteiger partial charge in [-0.05, 0) is 54.4 Å². The maximum atomic E-state index is 14.0. The van der Waals surface area contributed by atoms with E-state index in [9.17, 15) is 4.79 Å². The monoisotopic (exact) mass is 620 g/mol. The number of methoxy groups -OCH3 is 2. The number of hydrogen-bond acceptors (Lipinski definition) is 7. The fourth-order valence-electron chi connectivity index (χ4n) is 6.03. The maximum absolute atomic E-state index is 14.0. The van der Waals surface area contributed by atoms with Gasteiger partial charge in [-0.3, -0.25) is 4.79 Å². The molecule has 1 aliphatic rings. The van der Waals surface area contributed by atoms with Gasteiger partial charge in [0.1, 0.15) is 23.9 Å². The molecule has 0 radical (unpaired) electrons. The van der Waals surface area contributed by atoms with Crippen molar-refractivity contribution in [3.05, 3.63) is 114 Å². The van der Waals surface area contributed by atoms with E-state index in [1.807, 2.05) is 107 Å². The van der Waals surface area contributed by atoms with Crippen molar-refractivity contribution in [1.82, 2.24) is 14.3 Å². The van der Waals surface area contributed by atoms with Crippen LogP contribution in [0.2, 0.25) is 0 Å². The zero-order valence-electron chi connectivity index (χ0n) is 26.6. The standard InChI is InChI=1S/C37H40N4O5/c1-4-45-34-14-9-8-13-32(34)39-17-19-40(20-18-39)36(42)24-31(28-21-29(43-2)23-30(22-28)44-3)33-25-38-37-35(15-10-16-41(33)37)46-26-27-11-6-5-7-12-27/h5-16,21-23,25,31H,4,17-20,24,26H2,1-3H3/t31-/m1/s1. The topological polar surface area (TPSA) is 77.8 Å². The van der Waals surface area contributed by atoms with Gasteiger partial charge in [0.2, 0.25) is 5.91 Å². The van der Waals surface area contributed by atoms with Crippen molar-refractivity contribution < 1.29 is 23.7 Å². The zero-order valence-corrected chi connectivity index (χ0v) is 26.6. The van der Waals surface area contributed by atoms with Gasteiger partial charge in [-0.2, -0.15) is 0 Å². The third-order valence-corrected chi connectivity index (χ3v) is 8.42. The first-order valence-electron chi connectivity index (χ1n) is 15.7. The van der Waals surface area contributed by atoms with Crippen LogP contribution < -0.4 is 23.8 Å². The van der Waals surface area contributed by atoms with Crippen LogP contribution in [0.3, 0.4) is 0 Å². The summed E-state index contributed by atoms with van der Waals surface area (Å²) >= 11 is 0. The fraction of sp³-hybridized carbons (Fsp3) is 0.297. The molecule has 1 amide bonds. The minimum Gasteiger partial charge on any atom is -0.497 e. The lowest BCUT2D eigenvalue weighted by atomic mass is 9.91. The number of pyridine rings is 1. The van der Waals surface area contributed by atoms with E-state index in [0.717, 1.165) is 41.3 Å². The normalized spacial score (nSPS) is 13.8. The van der Waals surface area contributed by atoms with Gasteiger partial charge >= 0.3 is 0 Å². The summed E-state index contributed by atoms with van der Waals surface area (Å²) in [6.07, 6.45) is 4.07. The van der Waals surface area contributed by atoms with Gasteiger partial charge in [-0.15, -0.1) is 0 Å². The van der Waals surface area contributed by atoms with Crippen LogP contribution in [-0.4, -0.2) is 67.2 Å². The van der Waals surface area contributed by atoms with E-state index in [1.165, 1.54) is 0 Å². The number of rotatable bonds is 12. The second-order valence-electron chi connectivity index (χ2n) is 11.2. The molecule has 6 rings (SSSR count). The Labute approximate surface area is 269 Å². The first kappa shape index (κ1) is 30.8. The molecule has 0 aliphatic carbocycles. The van der Waals surface area contributed by atoms with Crippen molar-refractivity contribution in [3.8, 4) is 23.0 Å². The lowest BCUT2D eigenvalue weighted by Crippen LogP contribution is -2.49. The summed E-state index contributed by atoms with van der Waals surface area (Å²) in [5.74, 6) is 2.64. The molecule has 238 valence electrons. The van der Waals surface area contributed by atoms with Crippen molar-refractivity contribution in [2.24, 2.45) is 0 Å². The second-order valence-corrected chi connectivity index (χ2v) is 11.2. The molecule has 0 bridgehead atoms. The molecule has 46 heavy (non-hydrogen) atoms. The largest absolute Gasteiger partial charge is 0.497 e. The van der Waals surface area contributed by atoms with Crippen molar-refractivity contribution in [2.75, 3.05) is 51.9 Å². The maximum Gasteiger partial charge on any atom is 0.223 e. The van der Waals surface area contributed by atoms with Gasteiger partial charge < -0.3 is 33.1 Å². The van der Waals surface area contributed by atoms with Crippen LogP contribution in [0.4, 0.5) is 5.69 Å². The molecule has 3 heterocycles. The number of benzene rings is 3. The van der Waals surface area contributed by atoms with Crippen molar-refractivity contribution in [3.63, 3.8) is 0 Å². The summed E-state index contributed by atoms with van der Waals surface area (Å²) in [7, 11) is 3.26. The highest BCUT2D eigenvalue weighted by Gasteiger charge is 2.29. The average molecular weight is 621 g/mol. The van der Waals surface area contributed by atoms with Crippen LogP contribution in [-0.2, 0) is 11.4 Å². The van der Waals surface area contributed by atoms with E-state index < -0.39 is 0 Å². The van der Waals surface area contributed by atoms with Gasteiger partial charge in [0.05, 0.1) is 32.2 Å². The van der Waals surface area contributed by atoms with E-state index in [-0.39, 0.29) is 18.2 Å². The number of amides is 1. The molecular weight excluding hydrogens is 580 g/mol. The molecule has 3 aromatic carbocycles. The number of imidazole rings is 1. The molecule has 5 aromatic rings. The highest BCUT2D eigenvalue weighted by molar-refractivity contribution is 5.78. The Bertz CT molecular complexity index is 1740. The van der Waals surface area contributed by atoms with Gasteiger partial charge in [-0.25, -0.2) is 4.98 Å². The van der Waals surface area contributed by atoms with Gasteiger partial charge in [0, 0.05) is 57.0 Å². The first-order valence-corrected chi connectivity index (χ1v) is 15.7. The third kappa shape index (κ3) is 6.73. The minimum absolute atomic E-state index is 0.0796. The summed E-state index contributed by atoms with van der Waals surface area (Å²) in [6.45, 7) is 5.73. The Morgan fingerprint density at radius 2 is 1.52 bits per heavy atom. The molecule has 1 saturated heterocycles. The van der Waals surface area contributed by atoms with Crippen LogP contribution in [0.25, 0.3) is 5.65 Å². The number of ether oxygens (including phenoxy) is 4. The van der Waals surface area contributed by atoms with Crippen LogP contribution in [0.5, 0.6) is 23.0 Å². The number of nitrogens with zero attached hydrogens (tertiary/aromatic N) is 4. The predicted molar refractivity (Wildman–Crippen MR) is 178 cm³/mol. The molecule has 9 nitrogen and oxygen atoms in total. The van der Waals surface area contributed by atoms with Gasteiger partial charge in [0.15, 0.2) is 11.4 Å². The number of fused-ring (bicyclic) bond motifs is 1. The molecule has 1 fully saturated rings. The lowest BCUT2D eigenvalue weighted by molar-refractivity contribution is -0.131. The number of aromatic nitrogens is 2. The Morgan fingerprint density at radius 1 is 0.826 bits per heavy atom. The molecule has 2 aromatic heterocycles. The minimum atomic E-state index is -0.312. The first-order chi connectivity index (χ1) is 22.6. The van der Waals surface area contributed by atoms with Crippen LogP contribution in [0.1, 0.15) is 36.1 Å². The molecule has 1 atom stereocenters. The third-order valence-electron chi connectivity index (χ3n) is 8.42. The molecule has 1 aliphatic heterocycles. The van der Waals surface area contributed by atoms with E-state index in [1.54, 1.807) is 14.2 Å². The van der Waals surface area contributed by atoms with E-state index >= 15 is 0 Å². The van der Waals surface area contributed by atoms with Crippen molar-refractivity contribution in [1.29, 1.82) is 0 Å². The van der Waals surface area contributed by atoms with E-state index in [0.29, 0.717) is 49.2 Å². The number of hydrogen-bond donors (Lipinski definition) is 0. The quantitative estimate of drug-likeness (QED) is 0.164. The summed E-state index contributed by atoms with van der Waals surface area (Å²) in [6, 6.07) is 27.8. The van der Waals surface area contributed by atoms with E-state index in [4.69, 9.17) is 23.9 Å². The number of carbonyl (C=O) groups excluding carboxylic acids is 1. The SMILES string of the molecule is CCOc1ccccc1N1CCN(C(=O)C[C@H](c2cc(OC)cc(OC)c2)c2cnc3c(OCc4ccccc4)cccn23)CC1. The number of anilines is 1. The highest BCUT2D eigenvalue weighted by atomic mass is 16.5. The Balaban J connectivity index is 1.27. The van der Waals surface area contributed by atoms with Gasteiger partial charge in [0.25, 0.3) is 0 Å². The Hall–Kier alpha value is -5.18. The van der Waals surface area contributed by atoms with Crippen LogP contribution in [0, 0.1) is 0 Å². The molecule has 9 heteroatoms. The number of para-hydroxylation sites is 2. The molecule has 0 unspecified atom stereocenters. The van der Waals surface area contributed by atoms with Crippen LogP contribution in [0.15, 0.2) is 97.3 Å². The van der Waals surface area contributed by atoms with E-state index in [2.05, 4.69) is 11.0 Å². The molecule has 0 N–H and O–H groups in total. The highest BCUT2D eigenvalue weighted by Crippen LogP contribution is 2.36.